The molecule has 2 unspecified atom stereocenters. The van der Waals surface area contributed by atoms with Gasteiger partial charge in [0.2, 0.25) is 0 Å². The Balaban J connectivity index is 2.51. The lowest BCUT2D eigenvalue weighted by Crippen LogP contribution is -2.57. The summed E-state index contributed by atoms with van der Waals surface area (Å²) < 4.78 is 5.07. The SMILES string of the molecule is COC(=O)C1(Cc2c(Cl)cccc2Cl)CCNCC1C(=O)[C@@H](N)CS. The van der Waals surface area contributed by atoms with Gasteiger partial charge in [-0.1, -0.05) is 29.3 Å². The number of halogens is 2. The van der Waals surface area contributed by atoms with Gasteiger partial charge in [-0.15, -0.1) is 0 Å². The van der Waals surface area contributed by atoms with E-state index in [2.05, 4.69) is 17.9 Å². The lowest BCUT2D eigenvalue weighted by molar-refractivity contribution is -0.161. The van der Waals surface area contributed by atoms with Gasteiger partial charge in [-0.25, -0.2) is 0 Å². The minimum Gasteiger partial charge on any atom is -0.469 e. The number of nitrogens with two attached hydrogens (primary N) is 1. The predicted octanol–water partition coefficient (Wildman–Crippen LogP) is 2.13. The van der Waals surface area contributed by atoms with Crippen LogP contribution in [0.15, 0.2) is 18.2 Å². The molecule has 0 spiro atoms. The summed E-state index contributed by atoms with van der Waals surface area (Å²) in [6.45, 7) is 0.925. The number of benzene rings is 1. The third-order valence-electron chi connectivity index (χ3n) is 4.81. The van der Waals surface area contributed by atoms with Crippen LogP contribution >= 0.6 is 35.8 Å². The molecule has 1 aliphatic rings. The van der Waals surface area contributed by atoms with Crippen molar-refractivity contribution in [2.75, 3.05) is 26.0 Å². The molecule has 1 aliphatic heterocycles. The Labute approximate surface area is 163 Å². The van der Waals surface area contributed by atoms with Crippen molar-refractivity contribution in [2.24, 2.45) is 17.1 Å². The van der Waals surface area contributed by atoms with E-state index in [1.54, 1.807) is 18.2 Å². The van der Waals surface area contributed by atoms with Crippen LogP contribution in [0.4, 0.5) is 0 Å². The predicted molar refractivity (Wildman–Crippen MR) is 102 cm³/mol. The van der Waals surface area contributed by atoms with Gasteiger partial charge < -0.3 is 15.8 Å². The number of piperidine rings is 1. The van der Waals surface area contributed by atoms with Gasteiger partial charge in [-0.3, -0.25) is 9.59 Å². The fourth-order valence-electron chi connectivity index (χ4n) is 3.40. The lowest BCUT2D eigenvalue weighted by Gasteiger charge is -2.42. The first kappa shape index (κ1) is 20.5. The maximum absolute atomic E-state index is 12.8. The summed E-state index contributed by atoms with van der Waals surface area (Å²) >= 11 is 16.7. The first-order valence-electron chi connectivity index (χ1n) is 7.99. The van der Waals surface area contributed by atoms with Crippen LogP contribution in [0.25, 0.3) is 0 Å². The van der Waals surface area contributed by atoms with Gasteiger partial charge in [-0.05, 0) is 37.1 Å². The minimum absolute atomic E-state index is 0.208. The van der Waals surface area contributed by atoms with E-state index < -0.39 is 23.3 Å². The van der Waals surface area contributed by atoms with Gasteiger partial charge in [0.25, 0.3) is 0 Å². The molecule has 0 aromatic heterocycles. The number of carbonyl (C=O) groups excluding carboxylic acids is 2. The fraction of sp³-hybridized carbons (Fsp3) is 0.529. The summed E-state index contributed by atoms with van der Waals surface area (Å²) in [5.74, 6) is -1.09. The van der Waals surface area contributed by atoms with Crippen molar-refractivity contribution in [1.82, 2.24) is 5.32 Å². The molecule has 25 heavy (non-hydrogen) atoms. The van der Waals surface area contributed by atoms with E-state index in [0.29, 0.717) is 35.1 Å². The molecule has 8 heteroatoms. The van der Waals surface area contributed by atoms with Crippen molar-refractivity contribution >= 4 is 47.6 Å². The fourth-order valence-corrected chi connectivity index (χ4v) is 4.11. The monoisotopic (exact) mass is 404 g/mol. The molecular weight excluding hydrogens is 383 g/mol. The van der Waals surface area contributed by atoms with E-state index in [0.717, 1.165) is 0 Å². The quantitative estimate of drug-likeness (QED) is 0.499. The summed E-state index contributed by atoms with van der Waals surface area (Å²) in [6, 6.07) is 4.41. The van der Waals surface area contributed by atoms with Crippen LogP contribution in [0, 0.1) is 11.3 Å². The number of Topliss-reactive ketones (excluding diaryl/α,β-unsaturated/α-hetero) is 1. The molecule has 138 valence electrons. The zero-order chi connectivity index (χ0) is 18.6. The Hall–Kier alpha value is -0.790. The third kappa shape index (κ3) is 4.14. The van der Waals surface area contributed by atoms with Crippen LogP contribution in [0.5, 0.6) is 0 Å². The lowest BCUT2D eigenvalue weighted by atomic mass is 9.64. The van der Waals surface area contributed by atoms with E-state index in [9.17, 15) is 9.59 Å². The van der Waals surface area contributed by atoms with E-state index in [4.69, 9.17) is 33.7 Å². The van der Waals surface area contributed by atoms with Crippen LogP contribution in [0.3, 0.4) is 0 Å². The zero-order valence-electron chi connectivity index (χ0n) is 13.9. The van der Waals surface area contributed by atoms with Gasteiger partial charge in [0.1, 0.15) is 0 Å². The number of nitrogens with one attached hydrogen (secondary N) is 1. The highest BCUT2D eigenvalue weighted by Gasteiger charge is 2.52. The zero-order valence-corrected chi connectivity index (χ0v) is 16.3. The minimum atomic E-state index is -1.06. The normalized spacial score (nSPS) is 24.6. The number of ketones is 1. The second kappa shape index (κ2) is 8.73. The molecular formula is C17H22Cl2N2O3S. The third-order valence-corrected chi connectivity index (χ3v) is 5.92. The topological polar surface area (TPSA) is 81.4 Å². The smallest absolute Gasteiger partial charge is 0.312 e. The number of esters is 1. The van der Waals surface area contributed by atoms with Gasteiger partial charge in [0.05, 0.1) is 18.6 Å². The molecule has 0 amide bonds. The van der Waals surface area contributed by atoms with Gasteiger partial charge in [0, 0.05) is 28.3 Å². The molecule has 2 rings (SSSR count). The highest BCUT2D eigenvalue weighted by atomic mass is 35.5. The Morgan fingerprint density at radius 1 is 1.44 bits per heavy atom. The molecule has 0 radical (unpaired) electrons. The standard InChI is InChI=1S/C17H22Cl2N2O3S/c1-24-16(23)17(7-10-12(18)3-2-4-13(10)19)5-6-21-8-11(17)15(22)14(20)9-25/h2-4,11,14,21,25H,5-9,20H2,1H3/t11?,14-,17?/m0/s1. The average molecular weight is 405 g/mol. The largest absolute Gasteiger partial charge is 0.469 e. The molecule has 1 heterocycles. The van der Waals surface area contributed by atoms with Crippen LogP contribution < -0.4 is 11.1 Å². The van der Waals surface area contributed by atoms with Crippen molar-refractivity contribution in [2.45, 2.75) is 18.9 Å². The van der Waals surface area contributed by atoms with Gasteiger partial charge >= 0.3 is 5.97 Å². The maximum Gasteiger partial charge on any atom is 0.312 e. The maximum atomic E-state index is 12.8. The van der Waals surface area contributed by atoms with E-state index >= 15 is 0 Å². The molecule has 3 N–H and O–H groups in total. The van der Waals surface area contributed by atoms with Crippen molar-refractivity contribution in [3.63, 3.8) is 0 Å². The van der Waals surface area contributed by atoms with Gasteiger partial charge in [-0.2, -0.15) is 12.6 Å². The molecule has 5 nitrogen and oxygen atoms in total. The Bertz CT molecular complexity index is 639. The van der Waals surface area contributed by atoms with Crippen LogP contribution in [0.2, 0.25) is 10.0 Å². The van der Waals surface area contributed by atoms with Crippen LogP contribution in [-0.2, 0) is 20.7 Å². The molecule has 0 saturated carbocycles. The number of hydrogen-bond donors (Lipinski definition) is 3. The highest BCUT2D eigenvalue weighted by molar-refractivity contribution is 7.80. The summed E-state index contributed by atoms with van der Waals surface area (Å²) in [6.07, 6.45) is 0.645. The number of thiol groups is 1. The van der Waals surface area contributed by atoms with Gasteiger partial charge in [0.15, 0.2) is 5.78 Å². The van der Waals surface area contributed by atoms with E-state index in [-0.39, 0.29) is 18.0 Å². The highest BCUT2D eigenvalue weighted by Crippen LogP contribution is 2.42. The molecule has 1 aromatic rings. The molecule has 1 fully saturated rings. The molecule has 1 saturated heterocycles. The average Bonchev–Trinajstić information content (AvgIpc) is 2.63. The molecule has 1 aromatic carbocycles. The van der Waals surface area contributed by atoms with Crippen molar-refractivity contribution in [3.8, 4) is 0 Å². The number of ether oxygens (including phenoxy) is 1. The Morgan fingerprint density at radius 3 is 2.64 bits per heavy atom. The molecule has 3 atom stereocenters. The van der Waals surface area contributed by atoms with E-state index in [1.165, 1.54) is 7.11 Å². The Kier molecular flexibility index (Phi) is 7.17. The summed E-state index contributed by atoms with van der Waals surface area (Å²) in [4.78, 5) is 25.6. The number of carbonyl (C=O) groups is 2. The number of rotatable bonds is 6. The van der Waals surface area contributed by atoms with Crippen molar-refractivity contribution in [1.29, 1.82) is 0 Å². The summed E-state index contributed by atoms with van der Waals surface area (Å²) in [5, 5.41) is 4.08. The second-order valence-electron chi connectivity index (χ2n) is 6.22. The first-order valence-corrected chi connectivity index (χ1v) is 9.38. The van der Waals surface area contributed by atoms with Crippen molar-refractivity contribution < 1.29 is 14.3 Å². The summed E-state index contributed by atoms with van der Waals surface area (Å²) in [5.41, 5.74) is 5.48. The Morgan fingerprint density at radius 2 is 2.08 bits per heavy atom. The molecule has 0 aliphatic carbocycles. The second-order valence-corrected chi connectivity index (χ2v) is 7.40. The van der Waals surface area contributed by atoms with Crippen molar-refractivity contribution in [3.05, 3.63) is 33.8 Å². The number of hydrogen-bond acceptors (Lipinski definition) is 6. The first-order chi connectivity index (χ1) is 11.9. The van der Waals surface area contributed by atoms with Crippen LogP contribution in [0.1, 0.15) is 12.0 Å². The number of methoxy groups -OCH3 is 1. The van der Waals surface area contributed by atoms with Crippen LogP contribution in [-0.4, -0.2) is 43.7 Å². The summed E-state index contributed by atoms with van der Waals surface area (Å²) in [7, 11) is 1.32. The van der Waals surface area contributed by atoms with E-state index in [1.807, 2.05) is 0 Å². The molecule has 0 bridgehead atoms.